The number of rotatable bonds is 9. The highest BCUT2D eigenvalue weighted by atomic mass is 35.5. The minimum atomic E-state index is -1.33. The van der Waals surface area contributed by atoms with Gasteiger partial charge in [0.25, 0.3) is 11.6 Å². The number of nitrogens with zero attached hydrogens (tertiary/aromatic N) is 2. The molecule has 0 aromatic heterocycles. The standard InChI is InChI=1S/C11H12Cl2N2O5.C8H15NO2.ClH/c12-10(13)11(18)14-8(5-16)9(17)6-1-3-7(4-2-6)15(19)20;10-8(11)4-7-9-5-2-1-3-6-9;/h1-4,8-10,16-17H,5H2,(H,14,18);1-7H2,(H,10,11);1H/t8-,9-;;/m1../s1. The molecule has 1 aromatic carbocycles. The van der Waals surface area contributed by atoms with Crippen molar-refractivity contribution in [2.24, 2.45) is 0 Å². The molecule has 0 aliphatic carbocycles. The van der Waals surface area contributed by atoms with Gasteiger partial charge in [-0.1, -0.05) is 29.6 Å². The lowest BCUT2D eigenvalue weighted by molar-refractivity contribution is -0.384. The molecule has 0 unspecified atom stereocenters. The average molecular weight is 517 g/mol. The fourth-order valence-electron chi connectivity index (χ4n) is 2.93. The maximum atomic E-state index is 11.3. The van der Waals surface area contributed by atoms with E-state index in [1.54, 1.807) is 0 Å². The van der Waals surface area contributed by atoms with Crippen LogP contribution in [0.5, 0.6) is 0 Å². The summed E-state index contributed by atoms with van der Waals surface area (Å²) in [6, 6.07) is 4.05. The van der Waals surface area contributed by atoms with Crippen molar-refractivity contribution in [3.05, 3.63) is 39.9 Å². The highest BCUT2D eigenvalue weighted by Crippen LogP contribution is 2.20. The number of non-ortho nitro benzene ring substituents is 1. The molecule has 1 fully saturated rings. The van der Waals surface area contributed by atoms with Crippen LogP contribution in [0.25, 0.3) is 0 Å². The fraction of sp³-hybridized carbons (Fsp3) is 0.579. The van der Waals surface area contributed by atoms with Crippen LogP contribution in [-0.4, -0.2) is 74.1 Å². The number of carboxylic acids is 1. The van der Waals surface area contributed by atoms with Crippen LogP contribution in [0.3, 0.4) is 0 Å². The molecule has 1 aliphatic heterocycles. The minimum Gasteiger partial charge on any atom is -0.481 e. The Bertz CT molecular complexity index is 717. The second kappa shape index (κ2) is 16.0. The molecule has 1 aliphatic rings. The maximum Gasteiger partial charge on any atom is 0.304 e. The number of aliphatic hydroxyl groups is 2. The fourth-order valence-corrected chi connectivity index (χ4v) is 3.06. The number of aliphatic carboxylic acids is 1. The Kier molecular flexibility index (Phi) is 15.2. The normalized spacial score (nSPS) is 15.5. The van der Waals surface area contributed by atoms with Crippen LogP contribution in [0.15, 0.2) is 24.3 Å². The molecule has 0 bridgehead atoms. The first-order valence-electron chi connectivity index (χ1n) is 9.71. The van der Waals surface area contributed by atoms with Crippen LogP contribution < -0.4 is 5.32 Å². The molecule has 2 atom stereocenters. The van der Waals surface area contributed by atoms with E-state index in [0.717, 1.165) is 19.6 Å². The molecule has 1 saturated heterocycles. The van der Waals surface area contributed by atoms with Gasteiger partial charge >= 0.3 is 5.97 Å². The third kappa shape index (κ3) is 11.3. The van der Waals surface area contributed by atoms with Crippen molar-refractivity contribution in [1.29, 1.82) is 0 Å². The van der Waals surface area contributed by atoms with Gasteiger partial charge in [-0.2, -0.15) is 0 Å². The number of piperidine rings is 1. The first-order valence-corrected chi connectivity index (χ1v) is 10.6. The smallest absolute Gasteiger partial charge is 0.304 e. The van der Waals surface area contributed by atoms with E-state index in [-0.39, 0.29) is 18.1 Å². The zero-order chi connectivity index (χ0) is 23.4. The molecule has 13 heteroatoms. The Morgan fingerprint density at radius 3 is 2.16 bits per heavy atom. The van der Waals surface area contributed by atoms with Gasteiger partial charge in [0, 0.05) is 18.7 Å². The molecule has 0 saturated carbocycles. The van der Waals surface area contributed by atoms with E-state index in [1.807, 2.05) is 0 Å². The molecule has 1 heterocycles. The van der Waals surface area contributed by atoms with Crippen molar-refractivity contribution in [2.45, 2.75) is 42.7 Å². The van der Waals surface area contributed by atoms with Crippen LogP contribution >= 0.6 is 35.6 Å². The number of aliphatic hydroxyl groups excluding tert-OH is 2. The van der Waals surface area contributed by atoms with Crippen LogP contribution in [-0.2, 0) is 9.59 Å². The Labute approximate surface area is 202 Å². The van der Waals surface area contributed by atoms with E-state index in [9.17, 15) is 24.8 Å². The molecule has 0 radical (unpaired) electrons. The first-order chi connectivity index (χ1) is 14.6. The van der Waals surface area contributed by atoms with E-state index in [2.05, 4.69) is 10.2 Å². The number of amides is 1. The van der Waals surface area contributed by atoms with Gasteiger partial charge in [0.2, 0.25) is 0 Å². The average Bonchev–Trinajstić information content (AvgIpc) is 2.76. The molecular weight excluding hydrogens is 489 g/mol. The van der Waals surface area contributed by atoms with Gasteiger partial charge in [-0.15, -0.1) is 12.4 Å². The number of hydrogen-bond donors (Lipinski definition) is 4. The van der Waals surface area contributed by atoms with Crippen LogP contribution in [0.4, 0.5) is 5.69 Å². The van der Waals surface area contributed by atoms with Crippen molar-refractivity contribution in [2.75, 3.05) is 26.2 Å². The molecule has 2 rings (SSSR count). The summed E-state index contributed by atoms with van der Waals surface area (Å²) >= 11 is 10.7. The highest BCUT2D eigenvalue weighted by Gasteiger charge is 2.24. The molecular formula is C19H28Cl3N3O7. The number of alkyl halides is 2. The van der Waals surface area contributed by atoms with Crippen molar-refractivity contribution >= 4 is 53.2 Å². The summed E-state index contributed by atoms with van der Waals surface area (Å²) in [6.07, 6.45) is 2.82. The number of halogens is 3. The summed E-state index contributed by atoms with van der Waals surface area (Å²) in [4.78, 5) is 32.4. The molecule has 10 nitrogen and oxygen atoms in total. The van der Waals surface area contributed by atoms with Crippen molar-refractivity contribution in [3.8, 4) is 0 Å². The number of carbonyl (C=O) groups excluding carboxylic acids is 1. The molecule has 32 heavy (non-hydrogen) atoms. The molecule has 1 aromatic rings. The van der Waals surface area contributed by atoms with E-state index in [4.69, 9.17) is 33.4 Å². The number of nitro benzene ring substituents is 1. The lowest BCUT2D eigenvalue weighted by atomic mass is 10.0. The van der Waals surface area contributed by atoms with Crippen LogP contribution in [0.2, 0.25) is 0 Å². The Morgan fingerprint density at radius 2 is 1.72 bits per heavy atom. The summed E-state index contributed by atoms with van der Waals surface area (Å²) < 4.78 is 0. The van der Waals surface area contributed by atoms with Crippen LogP contribution in [0.1, 0.15) is 37.4 Å². The molecule has 182 valence electrons. The number of benzene rings is 1. The third-order valence-electron chi connectivity index (χ3n) is 4.64. The maximum absolute atomic E-state index is 11.3. The topological polar surface area (TPSA) is 153 Å². The van der Waals surface area contributed by atoms with E-state index < -0.39 is 40.4 Å². The SMILES string of the molecule is Cl.O=C(N[C@H](CO)[C@H](O)c1ccc([N+](=O)[O-])cc1)C(Cl)Cl.O=C(O)CCN1CCCCC1. The predicted octanol–water partition coefficient (Wildman–Crippen LogP) is 2.28. The number of carbonyl (C=O) groups is 2. The second-order valence-electron chi connectivity index (χ2n) is 6.94. The lowest BCUT2D eigenvalue weighted by Gasteiger charge is -2.25. The van der Waals surface area contributed by atoms with E-state index in [0.29, 0.717) is 12.0 Å². The molecule has 1 amide bonds. The summed E-state index contributed by atoms with van der Waals surface area (Å²) in [5.74, 6) is -1.44. The predicted molar refractivity (Wildman–Crippen MR) is 122 cm³/mol. The number of nitro groups is 1. The number of nitrogens with one attached hydrogen (secondary N) is 1. The molecule has 0 spiro atoms. The van der Waals surface area contributed by atoms with Crippen molar-refractivity contribution in [3.63, 3.8) is 0 Å². The van der Waals surface area contributed by atoms with Gasteiger partial charge in [0.1, 0.15) is 6.10 Å². The number of carboxylic acid groups (broad SMARTS) is 1. The van der Waals surface area contributed by atoms with Crippen LogP contribution in [0, 0.1) is 10.1 Å². The summed E-state index contributed by atoms with van der Waals surface area (Å²) in [6.45, 7) is 2.36. The summed E-state index contributed by atoms with van der Waals surface area (Å²) in [7, 11) is 0. The summed E-state index contributed by atoms with van der Waals surface area (Å²) in [5.41, 5.74) is 0.169. The highest BCUT2D eigenvalue weighted by molar-refractivity contribution is 6.53. The molecule has 4 N–H and O–H groups in total. The van der Waals surface area contributed by atoms with Gasteiger partial charge in [0.05, 0.1) is 24.0 Å². The van der Waals surface area contributed by atoms with E-state index >= 15 is 0 Å². The monoisotopic (exact) mass is 515 g/mol. The second-order valence-corrected chi connectivity index (χ2v) is 8.03. The van der Waals surface area contributed by atoms with Gasteiger partial charge in [-0.3, -0.25) is 19.7 Å². The quantitative estimate of drug-likeness (QED) is 0.221. The number of likely N-dealkylation sites (tertiary alicyclic amines) is 1. The lowest BCUT2D eigenvalue weighted by Crippen LogP contribution is -2.44. The minimum absolute atomic E-state index is 0. The Morgan fingerprint density at radius 1 is 1.16 bits per heavy atom. The van der Waals surface area contributed by atoms with Crippen molar-refractivity contribution < 1.29 is 29.8 Å². The zero-order valence-electron chi connectivity index (χ0n) is 17.2. The van der Waals surface area contributed by atoms with Gasteiger partial charge in [-0.05, 0) is 43.6 Å². The van der Waals surface area contributed by atoms with Gasteiger partial charge in [0.15, 0.2) is 4.84 Å². The van der Waals surface area contributed by atoms with Gasteiger partial charge < -0.3 is 25.5 Å². The number of hydrogen-bond acceptors (Lipinski definition) is 7. The third-order valence-corrected chi connectivity index (χ3v) is 5.04. The van der Waals surface area contributed by atoms with Crippen molar-refractivity contribution in [1.82, 2.24) is 10.2 Å². The Hall–Kier alpha value is -1.69. The van der Waals surface area contributed by atoms with E-state index in [1.165, 1.54) is 43.5 Å². The zero-order valence-corrected chi connectivity index (χ0v) is 19.6. The summed E-state index contributed by atoms with van der Waals surface area (Å²) in [5, 5.41) is 40.4. The largest absolute Gasteiger partial charge is 0.481 e. The van der Waals surface area contributed by atoms with Gasteiger partial charge in [-0.25, -0.2) is 0 Å². The Balaban J connectivity index is 0.000000679. The first kappa shape index (κ1) is 30.3.